The number of H-pyrrole nitrogens is 1. The van der Waals surface area contributed by atoms with Gasteiger partial charge in [-0.05, 0) is 25.3 Å². The van der Waals surface area contributed by atoms with Crippen LogP contribution in [0.5, 0.6) is 0 Å². The van der Waals surface area contributed by atoms with Crippen molar-refractivity contribution in [3.8, 4) is 0 Å². The molecule has 0 unspecified atom stereocenters. The van der Waals surface area contributed by atoms with E-state index in [1.807, 2.05) is 6.07 Å². The summed E-state index contributed by atoms with van der Waals surface area (Å²) in [6.07, 6.45) is 7.99. The van der Waals surface area contributed by atoms with Crippen LogP contribution in [0.3, 0.4) is 0 Å². The fourth-order valence-corrected chi connectivity index (χ4v) is 2.38. The van der Waals surface area contributed by atoms with Crippen LogP contribution in [0, 0.1) is 0 Å². The van der Waals surface area contributed by atoms with Crippen LogP contribution in [0.4, 0.5) is 0 Å². The molecule has 2 N–H and O–H groups in total. The third kappa shape index (κ3) is 3.32. The minimum Gasteiger partial charge on any atom is -0.348 e. The predicted molar refractivity (Wildman–Crippen MR) is 66.9 cm³/mol. The van der Waals surface area contributed by atoms with Crippen LogP contribution in [0.15, 0.2) is 6.07 Å². The van der Waals surface area contributed by atoms with Gasteiger partial charge in [0.05, 0.1) is 0 Å². The second kappa shape index (κ2) is 5.84. The number of aromatic nitrogens is 2. The Labute approximate surface area is 102 Å². The Balaban J connectivity index is 1.89. The number of carbonyl (C=O) groups is 1. The third-order valence-electron chi connectivity index (χ3n) is 3.32. The summed E-state index contributed by atoms with van der Waals surface area (Å²) in [5.41, 5.74) is 1.57. The number of hydrogen-bond donors (Lipinski definition) is 2. The molecule has 1 aliphatic rings. The van der Waals surface area contributed by atoms with E-state index in [1.165, 1.54) is 19.3 Å². The molecule has 2 rings (SSSR count). The molecule has 0 aromatic carbocycles. The number of aromatic amines is 1. The minimum atomic E-state index is -0.0319. The normalized spacial score (nSPS) is 17.0. The average molecular weight is 235 g/mol. The Kier molecular flexibility index (Phi) is 4.18. The predicted octanol–water partition coefficient (Wildman–Crippen LogP) is 2.42. The first-order chi connectivity index (χ1) is 8.29. The number of nitrogens with zero attached hydrogens (tertiary/aromatic N) is 1. The van der Waals surface area contributed by atoms with Crippen LogP contribution < -0.4 is 5.32 Å². The lowest BCUT2D eigenvalue weighted by Crippen LogP contribution is -2.36. The van der Waals surface area contributed by atoms with E-state index in [4.69, 9.17) is 0 Å². The van der Waals surface area contributed by atoms with E-state index in [2.05, 4.69) is 22.4 Å². The van der Waals surface area contributed by atoms with Gasteiger partial charge in [-0.2, -0.15) is 5.10 Å². The smallest absolute Gasteiger partial charge is 0.271 e. The number of amides is 1. The molecule has 4 nitrogen and oxygen atoms in total. The summed E-state index contributed by atoms with van der Waals surface area (Å²) >= 11 is 0. The molecule has 1 amide bonds. The van der Waals surface area contributed by atoms with Crippen molar-refractivity contribution in [1.29, 1.82) is 0 Å². The molecule has 0 spiro atoms. The second-order valence-corrected chi connectivity index (χ2v) is 4.84. The second-order valence-electron chi connectivity index (χ2n) is 4.84. The van der Waals surface area contributed by atoms with Crippen LogP contribution >= 0.6 is 0 Å². The molecule has 0 radical (unpaired) electrons. The maximum absolute atomic E-state index is 11.9. The van der Waals surface area contributed by atoms with E-state index in [-0.39, 0.29) is 5.91 Å². The Morgan fingerprint density at radius 1 is 1.47 bits per heavy atom. The van der Waals surface area contributed by atoms with Crippen molar-refractivity contribution in [1.82, 2.24) is 15.5 Å². The highest BCUT2D eigenvalue weighted by molar-refractivity contribution is 5.92. The molecule has 1 aromatic heterocycles. The van der Waals surface area contributed by atoms with Gasteiger partial charge >= 0.3 is 0 Å². The maximum Gasteiger partial charge on any atom is 0.271 e. The van der Waals surface area contributed by atoms with E-state index >= 15 is 0 Å². The number of carbonyl (C=O) groups excluding carboxylic acids is 1. The quantitative estimate of drug-likeness (QED) is 0.842. The zero-order valence-corrected chi connectivity index (χ0v) is 10.5. The maximum atomic E-state index is 11.9. The van der Waals surface area contributed by atoms with Gasteiger partial charge in [-0.1, -0.05) is 32.6 Å². The van der Waals surface area contributed by atoms with Crippen molar-refractivity contribution in [2.24, 2.45) is 0 Å². The molecule has 0 aliphatic heterocycles. The fraction of sp³-hybridized carbons (Fsp3) is 0.692. The van der Waals surface area contributed by atoms with Crippen molar-refractivity contribution in [3.63, 3.8) is 0 Å². The first kappa shape index (κ1) is 12.1. The summed E-state index contributed by atoms with van der Waals surface area (Å²) in [7, 11) is 0. The number of nitrogens with one attached hydrogen (secondary N) is 2. The Morgan fingerprint density at radius 3 is 2.94 bits per heavy atom. The topological polar surface area (TPSA) is 57.8 Å². The molecule has 1 aliphatic carbocycles. The van der Waals surface area contributed by atoms with Crippen molar-refractivity contribution >= 4 is 5.91 Å². The number of rotatable bonds is 4. The lowest BCUT2D eigenvalue weighted by molar-refractivity contribution is 0.0922. The molecule has 0 saturated heterocycles. The van der Waals surface area contributed by atoms with Gasteiger partial charge in [-0.25, -0.2) is 0 Å². The van der Waals surface area contributed by atoms with Crippen LogP contribution in [0.25, 0.3) is 0 Å². The zero-order valence-electron chi connectivity index (χ0n) is 10.5. The lowest BCUT2D eigenvalue weighted by Gasteiger charge is -2.22. The highest BCUT2D eigenvalue weighted by atomic mass is 16.2. The zero-order chi connectivity index (χ0) is 12.1. The van der Waals surface area contributed by atoms with Crippen LogP contribution in [0.2, 0.25) is 0 Å². The Morgan fingerprint density at radius 2 is 2.24 bits per heavy atom. The molecule has 1 fully saturated rings. The molecule has 94 valence electrons. The van der Waals surface area contributed by atoms with Gasteiger partial charge in [-0.15, -0.1) is 0 Å². The van der Waals surface area contributed by atoms with Crippen LogP contribution in [-0.2, 0) is 6.42 Å². The SMILES string of the molecule is CCCc1cc(C(=O)NC2CCCCC2)n[nH]1. The summed E-state index contributed by atoms with van der Waals surface area (Å²) in [6, 6.07) is 2.21. The minimum absolute atomic E-state index is 0.0319. The third-order valence-corrected chi connectivity index (χ3v) is 3.32. The van der Waals surface area contributed by atoms with Crippen molar-refractivity contribution in [2.45, 2.75) is 57.9 Å². The lowest BCUT2D eigenvalue weighted by atomic mass is 9.95. The van der Waals surface area contributed by atoms with Crippen LogP contribution in [0.1, 0.15) is 61.6 Å². The molecule has 0 atom stereocenters. The highest BCUT2D eigenvalue weighted by Crippen LogP contribution is 2.17. The van der Waals surface area contributed by atoms with Crippen molar-refractivity contribution in [3.05, 3.63) is 17.5 Å². The molecular formula is C13H21N3O. The Bertz CT molecular complexity index is 366. The van der Waals surface area contributed by atoms with Gasteiger partial charge < -0.3 is 5.32 Å². The van der Waals surface area contributed by atoms with Gasteiger partial charge in [0.15, 0.2) is 0 Å². The molecule has 17 heavy (non-hydrogen) atoms. The van der Waals surface area contributed by atoms with Gasteiger partial charge in [0.2, 0.25) is 0 Å². The monoisotopic (exact) mass is 235 g/mol. The molecule has 1 aromatic rings. The van der Waals surface area contributed by atoms with E-state index in [0.29, 0.717) is 11.7 Å². The molecule has 4 heteroatoms. The molecule has 1 heterocycles. The van der Waals surface area contributed by atoms with Crippen molar-refractivity contribution in [2.75, 3.05) is 0 Å². The molecule has 0 bridgehead atoms. The van der Waals surface area contributed by atoms with E-state index in [1.54, 1.807) is 0 Å². The largest absolute Gasteiger partial charge is 0.348 e. The molecular weight excluding hydrogens is 214 g/mol. The van der Waals surface area contributed by atoms with E-state index in [0.717, 1.165) is 31.4 Å². The number of aryl methyl sites for hydroxylation is 1. The van der Waals surface area contributed by atoms with Gasteiger partial charge in [0.25, 0.3) is 5.91 Å². The Hall–Kier alpha value is -1.32. The molecule has 1 saturated carbocycles. The summed E-state index contributed by atoms with van der Waals surface area (Å²) in [4.78, 5) is 11.9. The first-order valence-electron chi connectivity index (χ1n) is 6.64. The average Bonchev–Trinajstić information content (AvgIpc) is 2.79. The van der Waals surface area contributed by atoms with Gasteiger partial charge in [0.1, 0.15) is 5.69 Å². The van der Waals surface area contributed by atoms with Gasteiger partial charge in [0, 0.05) is 11.7 Å². The van der Waals surface area contributed by atoms with Crippen molar-refractivity contribution < 1.29 is 4.79 Å². The summed E-state index contributed by atoms with van der Waals surface area (Å²) in [6.45, 7) is 2.11. The highest BCUT2D eigenvalue weighted by Gasteiger charge is 2.18. The summed E-state index contributed by atoms with van der Waals surface area (Å²) in [5, 5.41) is 10.0. The first-order valence-corrected chi connectivity index (χ1v) is 6.64. The van der Waals surface area contributed by atoms with E-state index < -0.39 is 0 Å². The number of hydrogen-bond acceptors (Lipinski definition) is 2. The summed E-state index contributed by atoms with van der Waals surface area (Å²) in [5.74, 6) is -0.0319. The van der Waals surface area contributed by atoms with Crippen LogP contribution in [-0.4, -0.2) is 22.1 Å². The fourth-order valence-electron chi connectivity index (χ4n) is 2.38. The summed E-state index contributed by atoms with van der Waals surface area (Å²) < 4.78 is 0. The van der Waals surface area contributed by atoms with E-state index in [9.17, 15) is 4.79 Å². The van der Waals surface area contributed by atoms with Gasteiger partial charge in [-0.3, -0.25) is 9.89 Å². The standard InChI is InChI=1S/C13H21N3O/c1-2-6-11-9-12(16-15-11)13(17)14-10-7-4-3-5-8-10/h9-10H,2-8H2,1H3,(H,14,17)(H,15,16).